The van der Waals surface area contributed by atoms with E-state index in [1.54, 1.807) is 13.2 Å². The molecule has 0 aliphatic carbocycles. The average molecular weight is 238 g/mol. The summed E-state index contributed by atoms with van der Waals surface area (Å²) in [5.74, 6) is 0.0730. The molecule has 17 heavy (non-hydrogen) atoms. The summed E-state index contributed by atoms with van der Waals surface area (Å²) in [5, 5.41) is 15.3. The topological polar surface area (TPSA) is 94.7 Å². The Morgan fingerprint density at radius 1 is 1.35 bits per heavy atom. The van der Waals surface area contributed by atoms with Gasteiger partial charge in [-0.15, -0.1) is 0 Å². The third-order valence-corrected chi connectivity index (χ3v) is 2.32. The van der Waals surface area contributed by atoms with Gasteiger partial charge in [-0.25, -0.2) is 4.79 Å². The van der Waals surface area contributed by atoms with Gasteiger partial charge in [0, 0.05) is 19.7 Å². The molecule has 0 saturated heterocycles. The highest BCUT2D eigenvalue weighted by atomic mass is 16.5. The first-order valence-corrected chi connectivity index (χ1v) is 5.13. The van der Waals surface area contributed by atoms with E-state index in [1.165, 1.54) is 6.07 Å². The van der Waals surface area contributed by atoms with E-state index >= 15 is 0 Å². The molecule has 92 valence electrons. The van der Waals surface area contributed by atoms with Crippen LogP contribution in [0.3, 0.4) is 0 Å². The number of amides is 2. The Kier molecular flexibility index (Phi) is 3.20. The van der Waals surface area contributed by atoms with E-state index in [9.17, 15) is 9.90 Å². The number of aromatic hydroxyl groups is 1. The summed E-state index contributed by atoms with van der Waals surface area (Å²) in [6.45, 7) is 1.13. The van der Waals surface area contributed by atoms with Gasteiger partial charge in [0.15, 0.2) is 0 Å². The van der Waals surface area contributed by atoms with Crippen molar-refractivity contribution >= 4 is 23.1 Å². The molecule has 5 N–H and O–H groups in total. The van der Waals surface area contributed by atoms with Gasteiger partial charge in [-0.3, -0.25) is 10.9 Å². The third kappa shape index (κ3) is 2.51. The molecule has 0 unspecified atom stereocenters. The van der Waals surface area contributed by atoms with Crippen LogP contribution in [0.1, 0.15) is 0 Å². The van der Waals surface area contributed by atoms with Crippen LogP contribution in [-0.4, -0.2) is 31.4 Å². The van der Waals surface area contributed by atoms with Gasteiger partial charge in [0.1, 0.15) is 5.75 Å². The van der Waals surface area contributed by atoms with Crippen LogP contribution < -0.4 is 21.5 Å². The molecule has 1 aliphatic heterocycles. The second-order valence-electron chi connectivity index (χ2n) is 3.54. The minimum atomic E-state index is -0.364. The van der Waals surface area contributed by atoms with Crippen molar-refractivity contribution in [3.8, 4) is 5.75 Å². The van der Waals surface area contributed by atoms with Gasteiger partial charge in [0.2, 0.25) is 0 Å². The van der Waals surface area contributed by atoms with Crippen LogP contribution in [0.25, 0.3) is 0 Å². The molecule has 0 saturated carbocycles. The van der Waals surface area contributed by atoms with Crippen molar-refractivity contribution in [2.75, 3.05) is 36.3 Å². The number of anilines is 3. The summed E-state index contributed by atoms with van der Waals surface area (Å²) in [4.78, 5) is 11.0. The summed E-state index contributed by atoms with van der Waals surface area (Å²) in [6, 6.07) is 2.82. The molecule has 2 rings (SSSR count). The van der Waals surface area contributed by atoms with E-state index in [1.807, 2.05) is 0 Å². The lowest BCUT2D eigenvalue weighted by atomic mass is 10.2. The first-order valence-electron chi connectivity index (χ1n) is 5.13. The van der Waals surface area contributed by atoms with Gasteiger partial charge in [-0.2, -0.15) is 0 Å². The van der Waals surface area contributed by atoms with Crippen LogP contribution >= 0.6 is 0 Å². The van der Waals surface area contributed by atoms with Crippen molar-refractivity contribution in [3.05, 3.63) is 12.1 Å². The van der Waals surface area contributed by atoms with Gasteiger partial charge in [0.25, 0.3) is 0 Å². The number of methoxy groups -OCH3 is 1. The fourth-order valence-corrected chi connectivity index (χ4v) is 1.50. The Morgan fingerprint density at radius 3 is 2.94 bits per heavy atom. The lowest BCUT2D eigenvalue weighted by Gasteiger charge is -2.21. The van der Waals surface area contributed by atoms with E-state index in [2.05, 4.69) is 21.5 Å². The number of phenols is 1. The van der Waals surface area contributed by atoms with Gasteiger partial charge < -0.3 is 20.5 Å². The van der Waals surface area contributed by atoms with Crippen LogP contribution in [-0.2, 0) is 4.74 Å². The minimum absolute atomic E-state index is 0.0730. The van der Waals surface area contributed by atoms with E-state index in [0.717, 1.165) is 0 Å². The highest BCUT2D eigenvalue weighted by molar-refractivity contribution is 5.98. The highest BCUT2D eigenvalue weighted by Crippen LogP contribution is 2.34. The molecular weight excluding hydrogens is 224 g/mol. The lowest BCUT2D eigenvalue weighted by Crippen LogP contribution is -2.38. The first kappa shape index (κ1) is 11.3. The van der Waals surface area contributed by atoms with Crippen molar-refractivity contribution in [1.82, 2.24) is 5.43 Å². The number of phenolic OH excluding ortho intramolecular Hbond substituents is 1. The molecule has 0 atom stereocenters. The predicted octanol–water partition coefficient (Wildman–Crippen LogP) is 0.912. The molecule has 0 fully saturated rings. The Balaban J connectivity index is 2.16. The fourth-order valence-electron chi connectivity index (χ4n) is 1.50. The quantitative estimate of drug-likeness (QED) is 0.305. The zero-order valence-electron chi connectivity index (χ0n) is 9.33. The highest BCUT2D eigenvalue weighted by Gasteiger charge is 2.15. The maximum Gasteiger partial charge on any atom is 0.337 e. The van der Waals surface area contributed by atoms with Crippen molar-refractivity contribution in [1.29, 1.82) is 0 Å². The number of carbonyl (C=O) groups excluding carboxylic acids is 1. The molecule has 1 aromatic rings. The number of urea groups is 1. The number of hydrogen-bond acceptors (Lipinski definition) is 5. The number of fused-ring (bicyclic) bond motifs is 1. The summed E-state index contributed by atoms with van der Waals surface area (Å²) < 4.78 is 4.90. The van der Waals surface area contributed by atoms with Crippen LogP contribution in [0.4, 0.5) is 21.9 Å². The van der Waals surface area contributed by atoms with Crippen LogP contribution in [0.15, 0.2) is 12.1 Å². The first-order chi connectivity index (χ1) is 8.20. The van der Waals surface area contributed by atoms with E-state index < -0.39 is 0 Å². The second-order valence-corrected chi connectivity index (χ2v) is 3.54. The molecular formula is C10H14N4O3. The maximum absolute atomic E-state index is 11.0. The monoisotopic (exact) mass is 238 g/mol. The van der Waals surface area contributed by atoms with Crippen LogP contribution in [0.5, 0.6) is 5.75 Å². The van der Waals surface area contributed by atoms with E-state index in [4.69, 9.17) is 4.74 Å². The number of hydrazine groups is 1. The molecule has 2 amide bonds. The van der Waals surface area contributed by atoms with Gasteiger partial charge >= 0.3 is 6.03 Å². The van der Waals surface area contributed by atoms with Crippen LogP contribution in [0, 0.1) is 0 Å². The molecule has 0 spiro atoms. The maximum atomic E-state index is 11.0. The lowest BCUT2D eigenvalue weighted by molar-refractivity contribution is 0.210. The molecule has 1 aromatic carbocycles. The normalized spacial score (nSPS) is 13.1. The molecule has 0 radical (unpaired) electrons. The average Bonchev–Trinajstić information content (AvgIpc) is 2.30. The standard InChI is InChI=1S/C10H14N4O3/c1-17-3-2-11-8-4-7-6(5-9(8)15)12-10(16)14-13-7/h4-5,11,13,15H,2-3H2,1H3,(H2,12,14,16). The van der Waals surface area contributed by atoms with Crippen molar-refractivity contribution in [2.24, 2.45) is 0 Å². The Labute approximate surface area is 98.1 Å². The third-order valence-electron chi connectivity index (χ3n) is 2.32. The Hall–Kier alpha value is -2.15. The summed E-state index contributed by atoms with van der Waals surface area (Å²) in [7, 11) is 1.61. The number of nitrogens with one attached hydrogen (secondary N) is 4. The molecule has 0 aromatic heterocycles. The predicted molar refractivity (Wildman–Crippen MR) is 64.2 cm³/mol. The largest absolute Gasteiger partial charge is 0.506 e. The van der Waals surface area contributed by atoms with Crippen LogP contribution in [0.2, 0.25) is 0 Å². The number of hydrogen-bond donors (Lipinski definition) is 5. The van der Waals surface area contributed by atoms with E-state index in [-0.39, 0.29) is 11.8 Å². The summed E-state index contributed by atoms with van der Waals surface area (Å²) >= 11 is 0. The Morgan fingerprint density at radius 2 is 2.18 bits per heavy atom. The molecule has 7 heteroatoms. The molecule has 1 heterocycles. The van der Waals surface area contributed by atoms with Crippen molar-refractivity contribution in [2.45, 2.75) is 0 Å². The second kappa shape index (κ2) is 4.79. The summed E-state index contributed by atoms with van der Waals surface area (Å²) in [5.41, 5.74) is 6.93. The van der Waals surface area contributed by atoms with Gasteiger partial charge in [-0.05, 0) is 6.07 Å². The van der Waals surface area contributed by atoms with Gasteiger partial charge in [0.05, 0.1) is 23.7 Å². The molecule has 7 nitrogen and oxygen atoms in total. The number of benzene rings is 1. The fraction of sp³-hybridized carbons (Fsp3) is 0.300. The smallest absolute Gasteiger partial charge is 0.337 e. The number of rotatable bonds is 4. The zero-order valence-corrected chi connectivity index (χ0v) is 9.33. The summed E-state index contributed by atoms with van der Waals surface area (Å²) in [6.07, 6.45) is 0. The molecule has 0 bridgehead atoms. The minimum Gasteiger partial charge on any atom is -0.506 e. The van der Waals surface area contributed by atoms with Crippen molar-refractivity contribution < 1.29 is 14.6 Å². The zero-order chi connectivity index (χ0) is 12.3. The van der Waals surface area contributed by atoms with Gasteiger partial charge in [-0.1, -0.05) is 0 Å². The number of ether oxygens (including phenoxy) is 1. The number of carbonyl (C=O) groups is 1. The van der Waals surface area contributed by atoms with E-state index in [0.29, 0.717) is 30.2 Å². The Bertz CT molecular complexity index is 436. The van der Waals surface area contributed by atoms with Crippen molar-refractivity contribution in [3.63, 3.8) is 0 Å². The SMILES string of the molecule is COCCNc1cc2c(cc1O)NC(=O)NN2. The molecule has 1 aliphatic rings.